The molecular weight excluding hydrogens is 256 g/mol. The van der Waals surface area contributed by atoms with Crippen LogP contribution in [0.2, 0.25) is 0 Å². The summed E-state index contributed by atoms with van der Waals surface area (Å²) >= 11 is 0. The van der Waals surface area contributed by atoms with E-state index in [2.05, 4.69) is 10.6 Å². The Labute approximate surface area is 119 Å². The van der Waals surface area contributed by atoms with Crippen molar-refractivity contribution in [1.82, 2.24) is 5.32 Å². The Hall–Kier alpha value is -1.88. The number of hydrogen-bond donors (Lipinski definition) is 3. The van der Waals surface area contributed by atoms with Crippen LogP contribution in [0.3, 0.4) is 0 Å². The maximum Gasteiger partial charge on any atom is 0.323 e. The fourth-order valence-electron chi connectivity index (χ4n) is 1.97. The maximum atomic E-state index is 11.7. The number of aliphatic carboxylic acids is 1. The Morgan fingerprint density at radius 2 is 1.90 bits per heavy atom. The van der Waals surface area contributed by atoms with Crippen LogP contribution in [0, 0.1) is 0 Å². The summed E-state index contributed by atoms with van der Waals surface area (Å²) in [6.07, 6.45) is 1.54. The van der Waals surface area contributed by atoms with Gasteiger partial charge in [0.2, 0.25) is 5.91 Å². The lowest BCUT2D eigenvalue weighted by Crippen LogP contribution is -2.50. The second-order valence-electron chi connectivity index (χ2n) is 4.98. The van der Waals surface area contributed by atoms with Gasteiger partial charge < -0.3 is 15.7 Å². The summed E-state index contributed by atoms with van der Waals surface area (Å²) in [6, 6.07) is 9.18. The smallest absolute Gasteiger partial charge is 0.323 e. The molecule has 0 aromatic heterocycles. The molecule has 0 heterocycles. The zero-order chi connectivity index (χ0) is 15.0. The van der Waals surface area contributed by atoms with Crippen molar-refractivity contribution >= 4 is 17.6 Å². The molecule has 1 atom stereocenters. The van der Waals surface area contributed by atoms with Crippen LogP contribution in [0.15, 0.2) is 30.3 Å². The monoisotopic (exact) mass is 278 g/mol. The molecule has 0 aliphatic carbocycles. The summed E-state index contributed by atoms with van der Waals surface area (Å²) in [6.45, 7) is 3.92. The first-order valence-corrected chi connectivity index (χ1v) is 6.81. The van der Waals surface area contributed by atoms with Gasteiger partial charge in [0.15, 0.2) is 0 Å². The van der Waals surface area contributed by atoms with Crippen LogP contribution in [0.4, 0.5) is 5.69 Å². The molecule has 0 radical (unpaired) electrons. The number of amides is 1. The second kappa shape index (κ2) is 7.65. The van der Waals surface area contributed by atoms with Crippen molar-refractivity contribution in [1.29, 1.82) is 0 Å². The lowest BCUT2D eigenvalue weighted by Gasteiger charge is -2.25. The summed E-state index contributed by atoms with van der Waals surface area (Å²) < 4.78 is 0. The van der Waals surface area contributed by atoms with E-state index in [0.717, 1.165) is 12.1 Å². The Balaban J connectivity index is 2.39. The van der Waals surface area contributed by atoms with Crippen LogP contribution >= 0.6 is 0 Å². The van der Waals surface area contributed by atoms with E-state index < -0.39 is 11.5 Å². The van der Waals surface area contributed by atoms with Crippen LogP contribution in [0.5, 0.6) is 0 Å². The van der Waals surface area contributed by atoms with Crippen molar-refractivity contribution < 1.29 is 14.7 Å². The van der Waals surface area contributed by atoms with Crippen molar-refractivity contribution in [3.05, 3.63) is 30.3 Å². The molecule has 3 N–H and O–H groups in total. The molecule has 1 rings (SSSR count). The molecule has 0 bridgehead atoms. The van der Waals surface area contributed by atoms with Crippen LogP contribution in [-0.2, 0) is 9.59 Å². The van der Waals surface area contributed by atoms with Crippen LogP contribution < -0.4 is 10.6 Å². The standard InChI is InChI=1S/C15H22N2O3/c1-3-10-15(2,14(19)20)16-11-9-13(18)17-12-7-5-4-6-8-12/h4-8,16H,3,9-11H2,1-2H3,(H,17,18)(H,19,20). The summed E-state index contributed by atoms with van der Waals surface area (Å²) in [5.74, 6) is -1.02. The third-order valence-corrected chi connectivity index (χ3v) is 3.15. The zero-order valence-electron chi connectivity index (χ0n) is 12.0. The first-order chi connectivity index (χ1) is 9.48. The molecule has 5 nitrogen and oxygen atoms in total. The quantitative estimate of drug-likeness (QED) is 0.681. The fourth-order valence-corrected chi connectivity index (χ4v) is 1.97. The maximum absolute atomic E-state index is 11.7. The van der Waals surface area contributed by atoms with Gasteiger partial charge in [-0.2, -0.15) is 0 Å². The number of carboxylic acids is 1. The predicted molar refractivity (Wildman–Crippen MR) is 78.6 cm³/mol. The van der Waals surface area contributed by atoms with Crippen LogP contribution in [0.1, 0.15) is 33.1 Å². The third-order valence-electron chi connectivity index (χ3n) is 3.15. The topological polar surface area (TPSA) is 78.4 Å². The van der Waals surface area contributed by atoms with Gasteiger partial charge in [-0.15, -0.1) is 0 Å². The van der Waals surface area contributed by atoms with E-state index in [9.17, 15) is 14.7 Å². The molecule has 5 heteroatoms. The van der Waals surface area contributed by atoms with Crippen molar-refractivity contribution in [2.75, 3.05) is 11.9 Å². The molecule has 0 saturated heterocycles. The van der Waals surface area contributed by atoms with Crippen LogP contribution in [-0.4, -0.2) is 29.1 Å². The van der Waals surface area contributed by atoms with Gasteiger partial charge >= 0.3 is 5.97 Å². The number of rotatable bonds is 8. The van der Waals surface area contributed by atoms with Crippen molar-refractivity contribution in [2.24, 2.45) is 0 Å². The number of carbonyl (C=O) groups excluding carboxylic acids is 1. The van der Waals surface area contributed by atoms with Gasteiger partial charge in [-0.05, 0) is 25.5 Å². The van der Waals surface area contributed by atoms with E-state index in [4.69, 9.17) is 0 Å². The molecule has 110 valence electrons. The normalized spacial score (nSPS) is 13.5. The van der Waals surface area contributed by atoms with E-state index in [1.54, 1.807) is 6.92 Å². The van der Waals surface area contributed by atoms with E-state index in [-0.39, 0.29) is 12.3 Å². The Morgan fingerprint density at radius 1 is 1.25 bits per heavy atom. The highest BCUT2D eigenvalue weighted by Gasteiger charge is 2.31. The highest BCUT2D eigenvalue weighted by atomic mass is 16.4. The largest absolute Gasteiger partial charge is 0.480 e. The van der Waals surface area contributed by atoms with Crippen molar-refractivity contribution in [3.8, 4) is 0 Å². The van der Waals surface area contributed by atoms with Gasteiger partial charge in [-0.3, -0.25) is 9.59 Å². The van der Waals surface area contributed by atoms with Crippen molar-refractivity contribution in [3.63, 3.8) is 0 Å². The third kappa shape index (κ3) is 5.01. The minimum atomic E-state index is -0.970. The molecule has 0 aliphatic heterocycles. The highest BCUT2D eigenvalue weighted by Crippen LogP contribution is 2.12. The Bertz CT molecular complexity index is 448. The molecule has 1 aromatic rings. The number of benzene rings is 1. The molecular formula is C15H22N2O3. The summed E-state index contributed by atoms with van der Waals surface area (Å²) in [5, 5.41) is 14.9. The minimum Gasteiger partial charge on any atom is -0.480 e. The highest BCUT2D eigenvalue weighted by molar-refractivity contribution is 5.90. The van der Waals surface area contributed by atoms with E-state index >= 15 is 0 Å². The lowest BCUT2D eigenvalue weighted by molar-refractivity contribution is -0.144. The summed E-state index contributed by atoms with van der Waals surface area (Å²) in [4.78, 5) is 22.9. The number of hydrogen-bond acceptors (Lipinski definition) is 3. The minimum absolute atomic E-state index is 0.132. The van der Waals surface area contributed by atoms with Gasteiger partial charge in [-0.25, -0.2) is 0 Å². The van der Waals surface area contributed by atoms with E-state index in [0.29, 0.717) is 13.0 Å². The molecule has 1 aromatic carbocycles. The van der Waals surface area contributed by atoms with E-state index in [1.165, 1.54) is 0 Å². The van der Waals surface area contributed by atoms with Gasteiger partial charge in [0.25, 0.3) is 0 Å². The summed E-state index contributed by atoms with van der Waals surface area (Å²) in [7, 11) is 0. The molecule has 20 heavy (non-hydrogen) atoms. The molecule has 1 amide bonds. The first-order valence-electron chi connectivity index (χ1n) is 6.81. The number of carbonyl (C=O) groups is 2. The van der Waals surface area contributed by atoms with Crippen molar-refractivity contribution in [2.45, 2.75) is 38.6 Å². The predicted octanol–water partition coefficient (Wildman–Crippen LogP) is 2.25. The van der Waals surface area contributed by atoms with E-state index in [1.807, 2.05) is 37.3 Å². The molecule has 0 fully saturated rings. The molecule has 0 saturated carbocycles. The lowest BCUT2D eigenvalue weighted by atomic mass is 9.96. The first kappa shape index (κ1) is 16.2. The van der Waals surface area contributed by atoms with Crippen LogP contribution in [0.25, 0.3) is 0 Å². The zero-order valence-corrected chi connectivity index (χ0v) is 12.0. The second-order valence-corrected chi connectivity index (χ2v) is 4.98. The summed E-state index contributed by atoms with van der Waals surface area (Å²) in [5.41, 5.74) is -0.228. The molecule has 1 unspecified atom stereocenters. The van der Waals surface area contributed by atoms with Gasteiger partial charge in [0, 0.05) is 18.7 Å². The van der Waals surface area contributed by atoms with Gasteiger partial charge in [0.1, 0.15) is 5.54 Å². The Morgan fingerprint density at radius 3 is 2.45 bits per heavy atom. The number of carboxylic acid groups (broad SMARTS) is 1. The molecule has 0 aliphatic rings. The average Bonchev–Trinajstić information content (AvgIpc) is 2.40. The Kier molecular flexibility index (Phi) is 6.18. The number of para-hydroxylation sites is 1. The average molecular weight is 278 g/mol. The number of nitrogens with one attached hydrogen (secondary N) is 2. The number of anilines is 1. The fraction of sp³-hybridized carbons (Fsp3) is 0.467. The molecule has 0 spiro atoms. The SMILES string of the molecule is CCCC(C)(NCCC(=O)Nc1ccccc1)C(=O)O. The van der Waals surface area contributed by atoms with Gasteiger partial charge in [-0.1, -0.05) is 31.5 Å². The van der Waals surface area contributed by atoms with Gasteiger partial charge in [0.05, 0.1) is 0 Å².